The number of ether oxygens (including phenoxy) is 3. The molecule has 0 saturated heterocycles. The van der Waals surface area contributed by atoms with Crippen LogP contribution in [0.1, 0.15) is 11.1 Å². The third-order valence-corrected chi connectivity index (χ3v) is 7.47. The molecule has 35 heavy (non-hydrogen) atoms. The fourth-order valence-corrected chi connectivity index (χ4v) is 5.23. The predicted octanol–water partition coefficient (Wildman–Crippen LogP) is 3.46. The van der Waals surface area contributed by atoms with Crippen LogP contribution >= 0.6 is 0 Å². The number of benzene rings is 3. The van der Waals surface area contributed by atoms with E-state index in [0.29, 0.717) is 17.2 Å². The van der Waals surface area contributed by atoms with Crippen molar-refractivity contribution in [3.05, 3.63) is 77.9 Å². The third kappa shape index (κ3) is 5.35. The number of sulfonamides is 1. The van der Waals surface area contributed by atoms with E-state index in [1.165, 1.54) is 23.5 Å². The first-order chi connectivity index (χ1) is 16.8. The smallest absolute Gasteiger partial charge is 0.264 e. The lowest BCUT2D eigenvalue weighted by Crippen LogP contribution is -2.51. The average molecular weight is 497 g/mol. The molecule has 0 saturated carbocycles. The Labute approximate surface area is 205 Å². The SMILES string of the molecule is COc1ccc(S(=O)(=O)N2CC(C(=O)NCCOc3cc(C)ccc3C)Oc3ccccc32)cc1. The molecular weight excluding hydrogens is 468 g/mol. The normalized spacial score (nSPS) is 15.1. The molecule has 1 amide bonds. The molecule has 1 unspecified atom stereocenters. The van der Waals surface area contributed by atoms with E-state index in [9.17, 15) is 13.2 Å². The minimum atomic E-state index is -3.94. The molecule has 0 spiro atoms. The molecule has 3 aromatic carbocycles. The molecule has 8 nitrogen and oxygen atoms in total. The molecule has 0 aromatic heterocycles. The second kappa shape index (κ2) is 10.3. The highest BCUT2D eigenvalue weighted by Gasteiger charge is 2.37. The van der Waals surface area contributed by atoms with Gasteiger partial charge in [-0.2, -0.15) is 0 Å². The predicted molar refractivity (Wildman–Crippen MR) is 133 cm³/mol. The van der Waals surface area contributed by atoms with Crippen LogP contribution in [0.4, 0.5) is 5.69 Å². The van der Waals surface area contributed by atoms with Gasteiger partial charge in [0.15, 0.2) is 6.10 Å². The van der Waals surface area contributed by atoms with E-state index in [1.807, 2.05) is 32.0 Å². The van der Waals surface area contributed by atoms with Crippen LogP contribution in [0.3, 0.4) is 0 Å². The summed E-state index contributed by atoms with van der Waals surface area (Å²) in [5, 5.41) is 2.79. The van der Waals surface area contributed by atoms with Crippen molar-refractivity contribution in [1.29, 1.82) is 0 Å². The number of methoxy groups -OCH3 is 1. The summed E-state index contributed by atoms with van der Waals surface area (Å²) in [5.41, 5.74) is 2.47. The van der Waals surface area contributed by atoms with Crippen LogP contribution in [0, 0.1) is 13.8 Å². The minimum Gasteiger partial charge on any atom is -0.497 e. The summed E-state index contributed by atoms with van der Waals surface area (Å²) in [5.74, 6) is 1.21. The van der Waals surface area contributed by atoms with Gasteiger partial charge in [-0.05, 0) is 67.4 Å². The van der Waals surface area contributed by atoms with Crippen LogP contribution in [0.5, 0.6) is 17.2 Å². The first-order valence-corrected chi connectivity index (χ1v) is 12.6. The van der Waals surface area contributed by atoms with Crippen LogP contribution < -0.4 is 23.8 Å². The highest BCUT2D eigenvalue weighted by atomic mass is 32.2. The standard InChI is InChI=1S/C26H28N2O6S/c1-18-8-9-19(2)24(16-18)33-15-14-27-26(29)25-17-28(22-6-4-5-7-23(22)34-25)35(30,31)21-12-10-20(32-3)11-13-21/h4-13,16,25H,14-15,17H2,1-3H3,(H,27,29). The zero-order valence-corrected chi connectivity index (χ0v) is 20.7. The summed E-state index contributed by atoms with van der Waals surface area (Å²) in [7, 11) is -2.43. The number of nitrogens with one attached hydrogen (secondary N) is 1. The Bertz CT molecular complexity index is 1310. The highest BCUT2D eigenvalue weighted by Crippen LogP contribution is 2.37. The van der Waals surface area contributed by atoms with Gasteiger partial charge >= 0.3 is 0 Å². The zero-order valence-electron chi connectivity index (χ0n) is 19.9. The van der Waals surface area contributed by atoms with E-state index in [-0.39, 0.29) is 24.6 Å². The summed E-state index contributed by atoms with van der Waals surface area (Å²) in [6.45, 7) is 4.30. The number of hydrogen-bond donors (Lipinski definition) is 1. The second-order valence-electron chi connectivity index (χ2n) is 8.19. The van der Waals surface area contributed by atoms with Crippen molar-refractivity contribution < 1.29 is 27.4 Å². The number of carbonyl (C=O) groups is 1. The molecule has 9 heteroatoms. The number of aryl methyl sites for hydroxylation is 2. The zero-order chi connectivity index (χ0) is 25.0. The van der Waals surface area contributed by atoms with Gasteiger partial charge in [0.25, 0.3) is 15.9 Å². The van der Waals surface area contributed by atoms with Gasteiger partial charge < -0.3 is 19.5 Å². The quantitative estimate of drug-likeness (QED) is 0.480. The number of nitrogens with zero attached hydrogens (tertiary/aromatic N) is 1. The molecule has 1 atom stereocenters. The van der Waals surface area contributed by atoms with E-state index in [1.54, 1.807) is 36.4 Å². The van der Waals surface area contributed by atoms with Crippen molar-refractivity contribution in [2.24, 2.45) is 0 Å². The summed E-state index contributed by atoms with van der Waals surface area (Å²) in [6, 6.07) is 18.8. The number of hydrogen-bond acceptors (Lipinski definition) is 6. The Morgan fingerprint density at radius 2 is 1.83 bits per heavy atom. The van der Waals surface area contributed by atoms with Gasteiger partial charge in [-0.15, -0.1) is 0 Å². The van der Waals surface area contributed by atoms with Crippen molar-refractivity contribution in [1.82, 2.24) is 5.32 Å². The maximum Gasteiger partial charge on any atom is 0.264 e. The molecule has 0 aliphatic carbocycles. The van der Waals surface area contributed by atoms with Gasteiger partial charge in [0.1, 0.15) is 23.9 Å². The van der Waals surface area contributed by atoms with Gasteiger partial charge in [-0.3, -0.25) is 9.10 Å². The molecule has 4 rings (SSSR count). The molecule has 1 N–H and O–H groups in total. The van der Waals surface area contributed by atoms with Crippen LogP contribution in [0.25, 0.3) is 0 Å². The Morgan fingerprint density at radius 3 is 2.57 bits per heavy atom. The fourth-order valence-electron chi connectivity index (χ4n) is 3.75. The number of para-hydroxylation sites is 2. The summed E-state index contributed by atoms with van der Waals surface area (Å²) >= 11 is 0. The maximum atomic E-state index is 13.5. The molecule has 0 fully saturated rings. The molecule has 0 radical (unpaired) electrons. The summed E-state index contributed by atoms with van der Waals surface area (Å²) in [4.78, 5) is 13.0. The second-order valence-corrected chi connectivity index (χ2v) is 10.1. The molecule has 1 aliphatic heterocycles. The fraction of sp³-hybridized carbons (Fsp3) is 0.269. The van der Waals surface area contributed by atoms with Crippen molar-refractivity contribution in [2.75, 3.05) is 31.1 Å². The van der Waals surface area contributed by atoms with Gasteiger partial charge in [-0.25, -0.2) is 8.42 Å². The lowest BCUT2D eigenvalue weighted by atomic mass is 10.1. The molecule has 1 aliphatic rings. The Hall–Kier alpha value is -3.72. The van der Waals surface area contributed by atoms with Gasteiger partial charge in [0.05, 0.1) is 30.8 Å². The van der Waals surface area contributed by atoms with Gasteiger partial charge in [0, 0.05) is 0 Å². The number of carbonyl (C=O) groups excluding carboxylic acids is 1. The topological polar surface area (TPSA) is 94.2 Å². The number of rotatable bonds is 8. The van der Waals surface area contributed by atoms with E-state index >= 15 is 0 Å². The highest BCUT2D eigenvalue weighted by molar-refractivity contribution is 7.92. The van der Waals surface area contributed by atoms with E-state index < -0.39 is 22.0 Å². The largest absolute Gasteiger partial charge is 0.497 e. The molecule has 1 heterocycles. The number of anilines is 1. The Balaban J connectivity index is 1.46. The van der Waals surface area contributed by atoms with Crippen LogP contribution in [0.15, 0.2) is 71.6 Å². The Morgan fingerprint density at radius 1 is 1.09 bits per heavy atom. The Kier molecular flexibility index (Phi) is 7.16. The number of fused-ring (bicyclic) bond motifs is 1. The van der Waals surface area contributed by atoms with Crippen LogP contribution in [-0.2, 0) is 14.8 Å². The summed E-state index contributed by atoms with van der Waals surface area (Å²) < 4.78 is 44.9. The van der Waals surface area contributed by atoms with E-state index in [2.05, 4.69) is 5.32 Å². The minimum absolute atomic E-state index is 0.0936. The van der Waals surface area contributed by atoms with Gasteiger partial charge in [0.2, 0.25) is 0 Å². The molecule has 184 valence electrons. The van der Waals surface area contributed by atoms with Crippen LogP contribution in [0.2, 0.25) is 0 Å². The van der Waals surface area contributed by atoms with Crippen molar-refractivity contribution >= 4 is 21.6 Å². The van der Waals surface area contributed by atoms with E-state index in [0.717, 1.165) is 16.9 Å². The first-order valence-electron chi connectivity index (χ1n) is 11.2. The van der Waals surface area contributed by atoms with Crippen molar-refractivity contribution in [2.45, 2.75) is 24.8 Å². The molecule has 3 aromatic rings. The first kappa shape index (κ1) is 24.4. The maximum absolute atomic E-state index is 13.5. The molecule has 0 bridgehead atoms. The molecular formula is C26H28N2O6S. The lowest BCUT2D eigenvalue weighted by Gasteiger charge is -2.34. The lowest BCUT2D eigenvalue weighted by molar-refractivity contribution is -0.127. The van der Waals surface area contributed by atoms with E-state index in [4.69, 9.17) is 14.2 Å². The summed E-state index contributed by atoms with van der Waals surface area (Å²) in [6.07, 6.45) is -1.02. The van der Waals surface area contributed by atoms with Crippen molar-refractivity contribution in [3.8, 4) is 17.2 Å². The van der Waals surface area contributed by atoms with Crippen molar-refractivity contribution in [3.63, 3.8) is 0 Å². The average Bonchev–Trinajstić information content (AvgIpc) is 2.87. The third-order valence-electron chi connectivity index (χ3n) is 5.68. The van der Waals surface area contributed by atoms with Crippen LogP contribution in [-0.4, -0.2) is 47.2 Å². The van der Waals surface area contributed by atoms with Gasteiger partial charge in [-0.1, -0.05) is 24.3 Å². The monoisotopic (exact) mass is 496 g/mol. The number of amides is 1.